The number of fused-ring (bicyclic) bond motifs is 2. The maximum absolute atomic E-state index is 2.60. The molecule has 3 aliphatic carbocycles. The van der Waals surface area contributed by atoms with Crippen molar-refractivity contribution in [1.82, 2.24) is 0 Å². The molecule has 0 N–H and O–H groups in total. The molecular formula is C17H30. The summed E-state index contributed by atoms with van der Waals surface area (Å²) in [6, 6.07) is 0. The van der Waals surface area contributed by atoms with Crippen molar-refractivity contribution < 1.29 is 0 Å². The van der Waals surface area contributed by atoms with E-state index in [9.17, 15) is 0 Å². The zero-order valence-corrected chi connectivity index (χ0v) is 12.0. The Bertz CT molecular complexity index is 269. The molecule has 0 heterocycles. The standard InChI is InChI=1S/C17H30/c1-11-8-9-16-13(3)15-7-5-4-6-14(15)10-17(16)12(11)2/h11-17H,4-10H2,1-3H3. The minimum absolute atomic E-state index is 0.989. The van der Waals surface area contributed by atoms with Crippen molar-refractivity contribution in [3.8, 4) is 0 Å². The Morgan fingerprint density at radius 2 is 1.41 bits per heavy atom. The molecule has 0 saturated heterocycles. The lowest BCUT2D eigenvalue weighted by atomic mass is 9.52. The highest BCUT2D eigenvalue weighted by Gasteiger charge is 2.46. The van der Waals surface area contributed by atoms with Crippen molar-refractivity contribution in [2.45, 2.75) is 65.7 Å². The van der Waals surface area contributed by atoms with Crippen LogP contribution in [0.1, 0.15) is 65.7 Å². The molecule has 0 aliphatic heterocycles. The van der Waals surface area contributed by atoms with E-state index in [1.807, 2.05) is 0 Å². The summed E-state index contributed by atoms with van der Waals surface area (Å²) in [6.07, 6.45) is 10.8. The second kappa shape index (κ2) is 4.59. The van der Waals surface area contributed by atoms with Gasteiger partial charge in [0, 0.05) is 0 Å². The van der Waals surface area contributed by atoms with Crippen molar-refractivity contribution >= 4 is 0 Å². The van der Waals surface area contributed by atoms with Gasteiger partial charge in [-0.05, 0) is 60.7 Å². The topological polar surface area (TPSA) is 0 Å². The third-order valence-corrected chi connectivity index (χ3v) is 6.97. The largest absolute Gasteiger partial charge is 0.0622 e. The van der Waals surface area contributed by atoms with Gasteiger partial charge in [0.05, 0.1) is 0 Å². The fourth-order valence-corrected chi connectivity index (χ4v) is 5.67. The average Bonchev–Trinajstić information content (AvgIpc) is 2.35. The molecular weight excluding hydrogens is 204 g/mol. The maximum atomic E-state index is 2.60. The molecule has 3 rings (SSSR count). The van der Waals surface area contributed by atoms with Gasteiger partial charge in [-0.3, -0.25) is 0 Å². The van der Waals surface area contributed by atoms with Crippen LogP contribution in [0, 0.1) is 41.4 Å². The van der Waals surface area contributed by atoms with Crippen LogP contribution in [-0.2, 0) is 0 Å². The van der Waals surface area contributed by atoms with Gasteiger partial charge in [-0.2, -0.15) is 0 Å². The Morgan fingerprint density at radius 1 is 0.647 bits per heavy atom. The van der Waals surface area contributed by atoms with Crippen molar-refractivity contribution in [2.24, 2.45) is 41.4 Å². The van der Waals surface area contributed by atoms with E-state index in [-0.39, 0.29) is 0 Å². The molecule has 7 atom stereocenters. The molecule has 3 saturated carbocycles. The zero-order chi connectivity index (χ0) is 12.0. The molecule has 7 unspecified atom stereocenters. The van der Waals surface area contributed by atoms with Crippen LogP contribution < -0.4 is 0 Å². The van der Waals surface area contributed by atoms with Gasteiger partial charge in [0.2, 0.25) is 0 Å². The molecule has 0 spiro atoms. The minimum atomic E-state index is 0.989. The average molecular weight is 234 g/mol. The SMILES string of the molecule is CC1CCC2C(C)C3CCCCC3CC2C1C. The van der Waals surface area contributed by atoms with E-state index < -0.39 is 0 Å². The summed E-state index contributed by atoms with van der Waals surface area (Å²) in [6.45, 7) is 7.65. The molecule has 0 bridgehead atoms. The van der Waals surface area contributed by atoms with Crippen molar-refractivity contribution in [1.29, 1.82) is 0 Å². The summed E-state index contributed by atoms with van der Waals surface area (Å²) < 4.78 is 0. The first-order valence-corrected chi connectivity index (χ1v) is 8.18. The van der Waals surface area contributed by atoms with Crippen molar-refractivity contribution in [2.75, 3.05) is 0 Å². The fraction of sp³-hybridized carbons (Fsp3) is 1.00. The smallest absolute Gasteiger partial charge is 0.0352 e. The fourth-order valence-electron chi connectivity index (χ4n) is 5.67. The molecule has 3 aliphatic rings. The molecule has 98 valence electrons. The molecule has 0 radical (unpaired) electrons. The van der Waals surface area contributed by atoms with E-state index in [2.05, 4.69) is 20.8 Å². The highest BCUT2D eigenvalue weighted by molar-refractivity contribution is 4.96. The van der Waals surface area contributed by atoms with Gasteiger partial charge in [0.1, 0.15) is 0 Å². The summed E-state index contributed by atoms with van der Waals surface area (Å²) >= 11 is 0. The summed E-state index contributed by atoms with van der Waals surface area (Å²) in [4.78, 5) is 0. The van der Waals surface area contributed by atoms with Gasteiger partial charge in [-0.1, -0.05) is 46.5 Å². The highest BCUT2D eigenvalue weighted by atomic mass is 14.5. The maximum Gasteiger partial charge on any atom is -0.0352 e. The Hall–Kier alpha value is 0. The third kappa shape index (κ3) is 1.96. The molecule has 0 aromatic carbocycles. The van der Waals surface area contributed by atoms with Crippen LogP contribution in [0.3, 0.4) is 0 Å². The van der Waals surface area contributed by atoms with E-state index in [0.717, 1.165) is 41.4 Å². The number of hydrogen-bond donors (Lipinski definition) is 0. The van der Waals surface area contributed by atoms with Crippen LogP contribution in [0.15, 0.2) is 0 Å². The van der Waals surface area contributed by atoms with E-state index in [0.29, 0.717) is 0 Å². The quantitative estimate of drug-likeness (QED) is 0.545. The summed E-state index contributed by atoms with van der Waals surface area (Å²) in [5.41, 5.74) is 0. The number of hydrogen-bond acceptors (Lipinski definition) is 0. The van der Waals surface area contributed by atoms with Crippen LogP contribution >= 0.6 is 0 Å². The second-order valence-corrected chi connectivity index (χ2v) is 7.54. The van der Waals surface area contributed by atoms with Crippen LogP contribution in [0.2, 0.25) is 0 Å². The first-order chi connectivity index (χ1) is 8.18. The summed E-state index contributed by atoms with van der Waals surface area (Å²) in [5, 5.41) is 0. The molecule has 0 amide bonds. The second-order valence-electron chi connectivity index (χ2n) is 7.54. The number of rotatable bonds is 0. The van der Waals surface area contributed by atoms with E-state index in [4.69, 9.17) is 0 Å². The molecule has 0 heteroatoms. The molecule has 17 heavy (non-hydrogen) atoms. The Balaban J connectivity index is 1.79. The highest BCUT2D eigenvalue weighted by Crippen LogP contribution is 2.55. The van der Waals surface area contributed by atoms with E-state index in [1.165, 1.54) is 19.3 Å². The van der Waals surface area contributed by atoms with Gasteiger partial charge < -0.3 is 0 Å². The van der Waals surface area contributed by atoms with Crippen LogP contribution in [0.4, 0.5) is 0 Å². The van der Waals surface area contributed by atoms with E-state index in [1.54, 1.807) is 25.7 Å². The summed E-state index contributed by atoms with van der Waals surface area (Å²) in [5.74, 6) is 7.39. The van der Waals surface area contributed by atoms with Gasteiger partial charge in [0.15, 0.2) is 0 Å². The monoisotopic (exact) mass is 234 g/mol. The van der Waals surface area contributed by atoms with Crippen LogP contribution in [-0.4, -0.2) is 0 Å². The molecule has 3 fully saturated rings. The van der Waals surface area contributed by atoms with Gasteiger partial charge in [0.25, 0.3) is 0 Å². The van der Waals surface area contributed by atoms with Crippen LogP contribution in [0.5, 0.6) is 0 Å². The summed E-state index contributed by atoms with van der Waals surface area (Å²) in [7, 11) is 0. The third-order valence-electron chi connectivity index (χ3n) is 6.97. The predicted octanol–water partition coefficient (Wildman–Crippen LogP) is 5.13. The van der Waals surface area contributed by atoms with Crippen molar-refractivity contribution in [3.05, 3.63) is 0 Å². The zero-order valence-electron chi connectivity index (χ0n) is 12.0. The lowest BCUT2D eigenvalue weighted by molar-refractivity contribution is -0.0412. The first-order valence-electron chi connectivity index (χ1n) is 8.18. The van der Waals surface area contributed by atoms with E-state index >= 15 is 0 Å². The molecule has 0 aromatic heterocycles. The Kier molecular flexibility index (Phi) is 3.26. The van der Waals surface area contributed by atoms with Crippen molar-refractivity contribution in [3.63, 3.8) is 0 Å². The first kappa shape index (κ1) is 12.1. The van der Waals surface area contributed by atoms with Gasteiger partial charge in [-0.15, -0.1) is 0 Å². The minimum Gasteiger partial charge on any atom is -0.0622 e. The Labute approximate surface area is 108 Å². The van der Waals surface area contributed by atoms with Gasteiger partial charge >= 0.3 is 0 Å². The normalized spacial score (nSPS) is 54.9. The lowest BCUT2D eigenvalue weighted by Gasteiger charge is -2.53. The van der Waals surface area contributed by atoms with Crippen LogP contribution in [0.25, 0.3) is 0 Å². The Morgan fingerprint density at radius 3 is 2.24 bits per heavy atom. The lowest BCUT2D eigenvalue weighted by Crippen LogP contribution is -2.46. The molecule has 0 aromatic rings. The predicted molar refractivity (Wildman–Crippen MR) is 73.8 cm³/mol. The molecule has 0 nitrogen and oxygen atoms in total. The van der Waals surface area contributed by atoms with Gasteiger partial charge in [-0.25, -0.2) is 0 Å².